The first kappa shape index (κ1) is 28.6. The van der Waals surface area contributed by atoms with Crippen LogP contribution in [0.25, 0.3) is 33.4 Å². The summed E-state index contributed by atoms with van der Waals surface area (Å²) in [7, 11) is 3.36. The monoisotopic (exact) mass is 584 g/mol. The third-order valence-electron chi connectivity index (χ3n) is 7.41. The van der Waals surface area contributed by atoms with Crippen molar-refractivity contribution in [2.45, 2.75) is 25.7 Å². The Kier molecular flexibility index (Phi) is 8.60. The zero-order valence-corrected chi connectivity index (χ0v) is 23.5. The first-order valence-corrected chi connectivity index (χ1v) is 14.0. The average molecular weight is 585 g/mol. The number of halogens is 2. The van der Waals surface area contributed by atoms with E-state index in [1.54, 1.807) is 18.3 Å². The molecule has 0 unspecified atom stereocenters. The SMILES string of the molecule is CN(C(=O)[C@@H](CC(=O)O)CC1CCOCC1)c1nc(-c2cc(OCF)ccc2-c2cnc3c(ccn3C)c2)c(F)s1. The van der Waals surface area contributed by atoms with Crippen molar-refractivity contribution in [2.24, 2.45) is 18.9 Å². The van der Waals surface area contributed by atoms with Gasteiger partial charge in [-0.05, 0) is 61.1 Å². The topological polar surface area (TPSA) is 107 Å². The van der Waals surface area contributed by atoms with Gasteiger partial charge in [0.05, 0.1) is 6.42 Å². The van der Waals surface area contributed by atoms with Gasteiger partial charge >= 0.3 is 5.97 Å². The van der Waals surface area contributed by atoms with E-state index in [9.17, 15) is 19.1 Å². The van der Waals surface area contributed by atoms with Crippen LogP contribution in [0.4, 0.5) is 13.9 Å². The van der Waals surface area contributed by atoms with Gasteiger partial charge in [0.25, 0.3) is 0 Å². The maximum Gasteiger partial charge on any atom is 0.304 e. The van der Waals surface area contributed by atoms with Crippen molar-refractivity contribution in [3.63, 3.8) is 0 Å². The van der Waals surface area contributed by atoms with Crippen LogP contribution in [-0.2, 0) is 21.4 Å². The molecule has 1 fully saturated rings. The number of aryl methyl sites for hydroxylation is 1. The van der Waals surface area contributed by atoms with E-state index >= 15 is 4.39 Å². The summed E-state index contributed by atoms with van der Waals surface area (Å²) < 4.78 is 40.9. The summed E-state index contributed by atoms with van der Waals surface area (Å²) in [6.07, 6.45) is 5.15. The molecule has 1 saturated heterocycles. The molecule has 41 heavy (non-hydrogen) atoms. The Balaban J connectivity index is 1.49. The summed E-state index contributed by atoms with van der Waals surface area (Å²) in [6, 6.07) is 8.62. The molecule has 1 aromatic carbocycles. The van der Waals surface area contributed by atoms with Crippen molar-refractivity contribution >= 4 is 39.4 Å². The van der Waals surface area contributed by atoms with Crippen LogP contribution in [0.2, 0.25) is 0 Å². The van der Waals surface area contributed by atoms with E-state index in [4.69, 9.17) is 9.47 Å². The lowest BCUT2D eigenvalue weighted by molar-refractivity contribution is -0.141. The van der Waals surface area contributed by atoms with E-state index in [1.165, 1.54) is 18.0 Å². The van der Waals surface area contributed by atoms with Gasteiger partial charge in [-0.3, -0.25) is 14.5 Å². The van der Waals surface area contributed by atoms with Crippen molar-refractivity contribution in [2.75, 3.05) is 32.0 Å². The quantitative estimate of drug-likeness (QED) is 0.256. The van der Waals surface area contributed by atoms with E-state index in [2.05, 4.69) is 9.97 Å². The lowest BCUT2D eigenvalue weighted by Crippen LogP contribution is -2.35. The highest BCUT2D eigenvalue weighted by atomic mass is 32.1. The number of hydrogen-bond donors (Lipinski definition) is 1. The Bertz CT molecular complexity index is 1570. The molecular formula is C29H30F2N4O5S. The fraction of sp³-hybridized carbons (Fsp3) is 0.379. The average Bonchev–Trinajstić information content (AvgIpc) is 3.54. The molecule has 0 aliphatic carbocycles. The van der Waals surface area contributed by atoms with Crippen LogP contribution in [0.3, 0.4) is 0 Å². The first-order chi connectivity index (χ1) is 19.7. The Morgan fingerprint density at radius 2 is 2.02 bits per heavy atom. The Morgan fingerprint density at radius 3 is 2.76 bits per heavy atom. The number of carboxylic acid groups (broad SMARTS) is 1. The molecule has 1 N–H and O–H groups in total. The van der Waals surface area contributed by atoms with Gasteiger partial charge in [0.15, 0.2) is 5.13 Å². The van der Waals surface area contributed by atoms with Gasteiger partial charge in [-0.15, -0.1) is 0 Å². The highest BCUT2D eigenvalue weighted by Gasteiger charge is 2.31. The molecule has 1 aliphatic rings. The van der Waals surface area contributed by atoms with Crippen LogP contribution in [0.15, 0.2) is 42.7 Å². The number of alkyl halides is 1. The molecule has 0 radical (unpaired) electrons. The number of carbonyl (C=O) groups excluding carboxylic acids is 1. The van der Waals surface area contributed by atoms with E-state index in [0.29, 0.717) is 47.7 Å². The summed E-state index contributed by atoms with van der Waals surface area (Å²) in [6.45, 7) is 0.0992. The molecule has 5 rings (SSSR count). The molecule has 9 nitrogen and oxygen atoms in total. The van der Waals surface area contributed by atoms with Crippen molar-refractivity contribution in [1.82, 2.24) is 14.5 Å². The van der Waals surface area contributed by atoms with Crippen LogP contribution in [0.1, 0.15) is 25.7 Å². The van der Waals surface area contributed by atoms with Crippen molar-refractivity contribution in [3.8, 4) is 28.1 Å². The lowest BCUT2D eigenvalue weighted by Gasteiger charge is -2.27. The Morgan fingerprint density at radius 1 is 1.24 bits per heavy atom. The van der Waals surface area contributed by atoms with E-state index in [-0.39, 0.29) is 28.9 Å². The smallest absolute Gasteiger partial charge is 0.304 e. The molecule has 216 valence electrons. The normalized spacial score (nSPS) is 14.7. The number of pyridine rings is 1. The van der Waals surface area contributed by atoms with Crippen LogP contribution < -0.4 is 9.64 Å². The summed E-state index contributed by atoms with van der Waals surface area (Å²) in [4.78, 5) is 35.3. The molecule has 0 bridgehead atoms. The number of hydrogen-bond acceptors (Lipinski definition) is 7. The van der Waals surface area contributed by atoms with E-state index in [0.717, 1.165) is 23.9 Å². The molecule has 1 atom stereocenters. The largest absolute Gasteiger partial charge is 0.481 e. The van der Waals surface area contributed by atoms with Gasteiger partial charge in [-0.2, -0.15) is 4.39 Å². The molecule has 0 spiro atoms. The van der Waals surface area contributed by atoms with Crippen molar-refractivity contribution in [1.29, 1.82) is 0 Å². The number of fused-ring (bicyclic) bond motifs is 1. The van der Waals surface area contributed by atoms with Crippen LogP contribution in [0.5, 0.6) is 5.75 Å². The zero-order chi connectivity index (χ0) is 29.1. The standard InChI is InChI=1S/C29H30F2N4O5S/c1-34-8-5-18-12-20(15-32-27(18)34)22-4-3-21(40-16-30)14-23(22)25-26(31)41-29(33-25)35(2)28(38)19(13-24(36)37)11-17-6-9-39-10-7-17/h3-5,8,12,14-15,17,19H,6-7,9-11,13,16H2,1-2H3,(H,36,37)/t19-/m1/s1. The van der Waals surface area contributed by atoms with Crippen molar-refractivity contribution < 1.29 is 33.0 Å². The van der Waals surface area contributed by atoms with E-state index < -0.39 is 29.8 Å². The third kappa shape index (κ3) is 6.23. The van der Waals surface area contributed by atoms with Gasteiger partial charge in [-0.1, -0.05) is 11.3 Å². The summed E-state index contributed by atoms with van der Waals surface area (Å²) >= 11 is 0.683. The number of nitrogens with zero attached hydrogens (tertiary/aromatic N) is 4. The fourth-order valence-corrected chi connectivity index (χ4v) is 6.04. The molecule has 4 heterocycles. The second-order valence-electron chi connectivity index (χ2n) is 10.1. The number of amides is 1. The predicted octanol–water partition coefficient (Wildman–Crippen LogP) is 5.68. The minimum absolute atomic E-state index is 0.0312. The predicted molar refractivity (Wildman–Crippen MR) is 151 cm³/mol. The molecule has 1 aliphatic heterocycles. The minimum Gasteiger partial charge on any atom is -0.481 e. The Hall–Kier alpha value is -3.90. The molecule has 12 heteroatoms. The highest BCUT2D eigenvalue weighted by Crippen LogP contribution is 2.40. The Labute approximate surface area is 239 Å². The fourth-order valence-electron chi connectivity index (χ4n) is 5.26. The molecule has 0 saturated carbocycles. The van der Waals surface area contributed by atoms with Crippen LogP contribution in [0, 0.1) is 17.0 Å². The number of anilines is 1. The summed E-state index contributed by atoms with van der Waals surface area (Å²) in [5.41, 5.74) is 2.39. The molecule has 3 aromatic heterocycles. The number of ether oxygens (including phenoxy) is 2. The lowest BCUT2D eigenvalue weighted by atomic mass is 9.86. The molecule has 4 aromatic rings. The number of benzene rings is 1. The number of aliphatic carboxylic acids is 1. The first-order valence-electron chi connectivity index (χ1n) is 13.2. The van der Waals surface area contributed by atoms with Gasteiger partial charge in [0, 0.05) is 62.1 Å². The number of rotatable bonds is 10. The van der Waals surface area contributed by atoms with Gasteiger partial charge in [0.2, 0.25) is 17.9 Å². The van der Waals surface area contributed by atoms with Crippen LogP contribution >= 0.6 is 11.3 Å². The van der Waals surface area contributed by atoms with Crippen LogP contribution in [-0.4, -0.2) is 58.6 Å². The number of carboxylic acids is 1. The number of thiazole rings is 1. The maximum atomic E-state index is 15.5. The second-order valence-corrected chi connectivity index (χ2v) is 11.1. The summed E-state index contributed by atoms with van der Waals surface area (Å²) in [5, 5.41) is 9.80. The summed E-state index contributed by atoms with van der Waals surface area (Å²) in [5.74, 6) is -1.93. The highest BCUT2D eigenvalue weighted by molar-refractivity contribution is 7.14. The van der Waals surface area contributed by atoms with Crippen molar-refractivity contribution in [3.05, 3.63) is 47.9 Å². The zero-order valence-electron chi connectivity index (χ0n) is 22.7. The second kappa shape index (κ2) is 12.3. The minimum atomic E-state index is -1.08. The van der Waals surface area contributed by atoms with Gasteiger partial charge in [0.1, 0.15) is 17.1 Å². The number of carbonyl (C=O) groups is 2. The number of aromatic nitrogens is 3. The van der Waals surface area contributed by atoms with Gasteiger partial charge in [-0.25, -0.2) is 14.4 Å². The molecular weight excluding hydrogens is 554 g/mol. The third-order valence-corrected chi connectivity index (χ3v) is 8.33. The van der Waals surface area contributed by atoms with Gasteiger partial charge < -0.3 is 19.1 Å². The molecule has 1 amide bonds. The maximum absolute atomic E-state index is 15.5. The van der Waals surface area contributed by atoms with E-state index in [1.807, 2.05) is 29.9 Å².